The van der Waals surface area contributed by atoms with Gasteiger partial charge in [-0.25, -0.2) is 13.4 Å². The highest BCUT2D eigenvalue weighted by molar-refractivity contribution is 7.92. The quantitative estimate of drug-likeness (QED) is 0.197. The second kappa shape index (κ2) is 12.5. The van der Waals surface area contributed by atoms with Crippen LogP contribution in [0.25, 0.3) is 11.3 Å². The third-order valence-corrected chi connectivity index (χ3v) is 7.88. The molecule has 40 heavy (non-hydrogen) atoms. The summed E-state index contributed by atoms with van der Waals surface area (Å²) in [6.45, 7) is 6.65. The molecule has 0 aliphatic rings. The molecule has 3 aromatic carbocycles. The third-order valence-electron chi connectivity index (χ3n) is 6.48. The molecule has 0 fully saturated rings. The van der Waals surface area contributed by atoms with Gasteiger partial charge in [-0.3, -0.25) is 9.52 Å². The van der Waals surface area contributed by atoms with E-state index >= 15 is 0 Å². The Morgan fingerprint density at radius 2 is 1.73 bits per heavy atom. The Morgan fingerprint density at radius 1 is 1.00 bits per heavy atom. The lowest BCUT2D eigenvalue weighted by molar-refractivity contribution is -0.114. The Balaban J connectivity index is 1.30. The van der Waals surface area contributed by atoms with Crippen LogP contribution >= 0.6 is 0 Å². The van der Waals surface area contributed by atoms with Crippen molar-refractivity contribution in [3.8, 4) is 11.3 Å². The van der Waals surface area contributed by atoms with E-state index in [-0.39, 0.29) is 16.3 Å². The normalized spacial score (nSPS) is 12.6. The van der Waals surface area contributed by atoms with E-state index in [9.17, 15) is 18.3 Å². The number of anilines is 2. The summed E-state index contributed by atoms with van der Waals surface area (Å²) in [6.07, 6.45) is 3.75. The van der Waals surface area contributed by atoms with Gasteiger partial charge < -0.3 is 20.3 Å². The van der Waals surface area contributed by atoms with Crippen molar-refractivity contribution in [3.05, 3.63) is 97.0 Å². The number of aliphatic hydroxyl groups excluding tert-OH is 1. The number of nitrogens with zero attached hydrogens (tertiary/aromatic N) is 2. The van der Waals surface area contributed by atoms with Crippen LogP contribution in [0, 0.1) is 0 Å². The number of β-amino-alcohol motifs (C(OH)–C–C–N with tert-alkyl or cyclic N) is 1. The predicted molar refractivity (Wildman–Crippen MR) is 157 cm³/mol. The number of amides is 1. The zero-order valence-electron chi connectivity index (χ0n) is 22.8. The maximum atomic E-state index is 12.7. The molecule has 0 aliphatic carbocycles. The predicted octanol–water partition coefficient (Wildman–Crippen LogP) is 4.80. The highest BCUT2D eigenvalue weighted by atomic mass is 32.2. The summed E-state index contributed by atoms with van der Waals surface area (Å²) in [6, 6.07) is 22.5. The number of benzene rings is 3. The van der Waals surface area contributed by atoms with Crippen molar-refractivity contribution in [2.45, 2.75) is 50.3 Å². The summed E-state index contributed by atoms with van der Waals surface area (Å²) in [7, 11) is -3.72. The van der Waals surface area contributed by atoms with Crippen LogP contribution in [0.4, 0.5) is 11.4 Å². The monoisotopic (exact) mass is 561 g/mol. The number of carbonyl (C=O) groups excluding carboxylic acids is 1. The van der Waals surface area contributed by atoms with Crippen LogP contribution in [0.2, 0.25) is 0 Å². The van der Waals surface area contributed by atoms with Gasteiger partial charge in [0.15, 0.2) is 0 Å². The molecule has 1 atom stereocenters. The van der Waals surface area contributed by atoms with E-state index in [0.29, 0.717) is 17.8 Å². The van der Waals surface area contributed by atoms with Crippen LogP contribution in [0.3, 0.4) is 0 Å². The van der Waals surface area contributed by atoms with Gasteiger partial charge in [-0.2, -0.15) is 0 Å². The van der Waals surface area contributed by atoms with Crippen LogP contribution in [-0.4, -0.2) is 41.1 Å². The number of rotatable bonds is 12. The molecule has 0 spiro atoms. The molecule has 1 amide bonds. The summed E-state index contributed by atoms with van der Waals surface area (Å²) in [5.74, 6) is -0.111. The van der Waals surface area contributed by atoms with E-state index in [0.717, 1.165) is 29.9 Å². The fourth-order valence-corrected chi connectivity index (χ4v) is 5.24. The van der Waals surface area contributed by atoms with Gasteiger partial charge in [0, 0.05) is 48.7 Å². The Hall–Kier alpha value is -3.99. The van der Waals surface area contributed by atoms with Crippen molar-refractivity contribution in [1.82, 2.24) is 14.9 Å². The number of aryl methyl sites for hydroxylation is 1. The molecule has 210 valence electrons. The third kappa shape index (κ3) is 8.01. The number of hydrogen-bond donors (Lipinski definition) is 4. The van der Waals surface area contributed by atoms with Crippen molar-refractivity contribution in [2.75, 3.05) is 16.6 Å². The highest BCUT2D eigenvalue weighted by Gasteiger charge is 2.20. The number of imidazole rings is 1. The fourth-order valence-electron chi connectivity index (χ4n) is 4.17. The molecule has 9 nitrogen and oxygen atoms in total. The second-order valence-electron chi connectivity index (χ2n) is 10.3. The number of carbonyl (C=O) groups is 1. The summed E-state index contributed by atoms with van der Waals surface area (Å²) < 4.78 is 29.9. The lowest BCUT2D eigenvalue weighted by atomic mass is 9.99. The maximum absolute atomic E-state index is 12.7. The molecule has 1 heterocycles. The van der Waals surface area contributed by atoms with Crippen molar-refractivity contribution in [1.29, 1.82) is 0 Å². The first-order valence-electron chi connectivity index (χ1n) is 13.0. The molecule has 4 aromatic rings. The molecular weight excluding hydrogens is 526 g/mol. The minimum atomic E-state index is -3.72. The summed E-state index contributed by atoms with van der Waals surface area (Å²) in [4.78, 5) is 15.9. The Kier molecular flexibility index (Phi) is 9.03. The van der Waals surface area contributed by atoms with E-state index in [1.807, 2.05) is 35.0 Å². The highest BCUT2D eigenvalue weighted by Crippen LogP contribution is 2.23. The molecule has 0 aliphatic heterocycles. The minimum absolute atomic E-state index is 0.111. The second-order valence-corrected chi connectivity index (χ2v) is 12.0. The van der Waals surface area contributed by atoms with Gasteiger partial charge in [-0.15, -0.1) is 0 Å². The molecule has 1 aromatic heterocycles. The van der Waals surface area contributed by atoms with Gasteiger partial charge in [0.05, 0.1) is 23.0 Å². The smallest absolute Gasteiger partial charge is 0.261 e. The van der Waals surface area contributed by atoms with Gasteiger partial charge in [0.2, 0.25) is 5.91 Å². The average molecular weight is 562 g/mol. The molecule has 4 N–H and O–H groups in total. The van der Waals surface area contributed by atoms with Gasteiger partial charge in [0.25, 0.3) is 10.0 Å². The van der Waals surface area contributed by atoms with E-state index in [1.54, 1.807) is 48.8 Å². The van der Waals surface area contributed by atoms with Gasteiger partial charge in [-0.1, -0.05) is 42.5 Å². The molecular formula is C30H35N5O4S. The molecule has 0 unspecified atom stereocenters. The first-order chi connectivity index (χ1) is 19.0. The van der Waals surface area contributed by atoms with Crippen LogP contribution < -0.4 is 15.4 Å². The standard InChI is InChI=1S/C30H35N5O4S/c1-22(36)33-25-14-12-23(13-15-25)28-20-35(21-31-28)17-16-30(2,3)32-19-29(37)24-8-7-9-26(18-24)34-40(38,39)27-10-5-4-6-11-27/h4-15,18,20-21,29,32,34,37H,16-17,19H2,1-3H3,(H,33,36)/t29-/m0/s1. The first-order valence-corrected chi connectivity index (χ1v) is 14.5. The SMILES string of the molecule is CC(=O)Nc1ccc(-c2cn(CCC(C)(C)NC[C@H](O)c3cccc(NS(=O)(=O)c4ccccc4)c3)cn2)cc1. The number of aromatic nitrogens is 2. The lowest BCUT2D eigenvalue weighted by Crippen LogP contribution is -2.42. The summed E-state index contributed by atoms with van der Waals surface area (Å²) in [5, 5.41) is 17.0. The Labute approximate surface area is 235 Å². The number of nitrogens with one attached hydrogen (secondary N) is 3. The van der Waals surface area contributed by atoms with Crippen molar-refractivity contribution in [2.24, 2.45) is 0 Å². The van der Waals surface area contributed by atoms with Crippen molar-refractivity contribution >= 4 is 27.3 Å². The zero-order valence-corrected chi connectivity index (χ0v) is 23.7. The van der Waals surface area contributed by atoms with Gasteiger partial charge in [0.1, 0.15) is 0 Å². The molecule has 10 heteroatoms. The summed E-state index contributed by atoms with van der Waals surface area (Å²) in [5.41, 5.74) is 3.27. The number of hydrogen-bond acceptors (Lipinski definition) is 6. The van der Waals surface area contributed by atoms with E-state index in [2.05, 4.69) is 34.2 Å². The maximum Gasteiger partial charge on any atom is 0.261 e. The molecule has 0 bridgehead atoms. The van der Waals surface area contributed by atoms with Gasteiger partial charge >= 0.3 is 0 Å². The lowest BCUT2D eigenvalue weighted by Gasteiger charge is -2.28. The van der Waals surface area contributed by atoms with E-state index in [4.69, 9.17) is 0 Å². The zero-order chi connectivity index (χ0) is 28.8. The Bertz CT molecular complexity index is 1530. The van der Waals surface area contributed by atoms with Gasteiger partial charge in [-0.05, 0) is 62.2 Å². The van der Waals surface area contributed by atoms with Crippen LogP contribution in [0.1, 0.15) is 38.9 Å². The van der Waals surface area contributed by atoms with Crippen LogP contribution in [-0.2, 0) is 21.4 Å². The van der Waals surface area contributed by atoms with Crippen LogP contribution in [0.5, 0.6) is 0 Å². The summed E-state index contributed by atoms with van der Waals surface area (Å²) >= 11 is 0. The van der Waals surface area contributed by atoms with Crippen LogP contribution in [0.15, 0.2) is 96.3 Å². The van der Waals surface area contributed by atoms with Crippen molar-refractivity contribution < 1.29 is 18.3 Å². The largest absolute Gasteiger partial charge is 0.387 e. The number of aliphatic hydroxyl groups is 1. The Morgan fingerprint density at radius 3 is 2.42 bits per heavy atom. The molecule has 0 saturated heterocycles. The fraction of sp³-hybridized carbons (Fsp3) is 0.267. The topological polar surface area (TPSA) is 125 Å². The number of sulfonamides is 1. The van der Waals surface area contributed by atoms with Crippen molar-refractivity contribution in [3.63, 3.8) is 0 Å². The van der Waals surface area contributed by atoms with E-state index < -0.39 is 16.1 Å². The van der Waals surface area contributed by atoms with E-state index in [1.165, 1.54) is 19.1 Å². The average Bonchev–Trinajstić information content (AvgIpc) is 3.40. The molecule has 0 radical (unpaired) electrons. The molecule has 4 rings (SSSR count). The first kappa shape index (κ1) is 29.0. The minimum Gasteiger partial charge on any atom is -0.387 e. The molecule has 0 saturated carbocycles.